The second-order valence-corrected chi connectivity index (χ2v) is 8.24. The van der Waals surface area contributed by atoms with Gasteiger partial charge < -0.3 is 15.0 Å². The van der Waals surface area contributed by atoms with Gasteiger partial charge in [-0.1, -0.05) is 31.0 Å². The van der Waals surface area contributed by atoms with Crippen LogP contribution in [0.2, 0.25) is 0 Å². The standard InChI is InChI=1S/C22H32N4OS/c1-3-26(17-18-8-4-5-9-18)21-11-7-6-10-19(21)14-23-22-24-15-20(16-25-22)27-12-13-28-2/h6-7,10-11,15-16,18H,3-5,8-9,12-14,17H2,1-2H3,(H,23,24,25). The number of nitrogens with zero attached hydrogens (tertiary/aromatic N) is 3. The third kappa shape index (κ3) is 6.03. The maximum absolute atomic E-state index is 5.61. The van der Waals surface area contributed by atoms with Crippen molar-refractivity contribution in [3.8, 4) is 5.75 Å². The molecule has 152 valence electrons. The summed E-state index contributed by atoms with van der Waals surface area (Å²) in [5, 5.41) is 3.36. The Hall–Kier alpha value is -1.95. The number of hydrogen-bond acceptors (Lipinski definition) is 6. The molecular formula is C22H32N4OS. The highest BCUT2D eigenvalue weighted by Crippen LogP contribution is 2.29. The van der Waals surface area contributed by atoms with E-state index in [2.05, 4.69) is 57.6 Å². The minimum absolute atomic E-state index is 0.630. The molecule has 0 unspecified atom stereocenters. The molecule has 3 rings (SSSR count). The Kier molecular flexibility index (Phi) is 8.27. The van der Waals surface area contributed by atoms with Crippen molar-refractivity contribution in [2.45, 2.75) is 39.2 Å². The van der Waals surface area contributed by atoms with Gasteiger partial charge in [-0.3, -0.25) is 0 Å². The van der Waals surface area contributed by atoms with Crippen molar-refractivity contribution in [1.82, 2.24) is 9.97 Å². The van der Waals surface area contributed by atoms with Crippen molar-refractivity contribution in [2.24, 2.45) is 5.92 Å². The zero-order chi connectivity index (χ0) is 19.6. The number of nitrogens with one attached hydrogen (secondary N) is 1. The molecule has 1 aromatic carbocycles. The van der Waals surface area contributed by atoms with E-state index in [-0.39, 0.29) is 0 Å². The van der Waals surface area contributed by atoms with E-state index in [9.17, 15) is 0 Å². The number of thioether (sulfide) groups is 1. The summed E-state index contributed by atoms with van der Waals surface area (Å²) in [7, 11) is 0. The van der Waals surface area contributed by atoms with Gasteiger partial charge in [0.05, 0.1) is 19.0 Å². The molecule has 2 aromatic rings. The molecule has 0 saturated heterocycles. The lowest BCUT2D eigenvalue weighted by Crippen LogP contribution is -2.29. The van der Waals surface area contributed by atoms with Gasteiger partial charge >= 0.3 is 0 Å². The van der Waals surface area contributed by atoms with Crippen molar-refractivity contribution >= 4 is 23.4 Å². The van der Waals surface area contributed by atoms with Crippen LogP contribution in [0.25, 0.3) is 0 Å². The van der Waals surface area contributed by atoms with E-state index in [1.54, 1.807) is 24.2 Å². The minimum atomic E-state index is 0.630. The van der Waals surface area contributed by atoms with Crippen molar-refractivity contribution < 1.29 is 4.74 Å². The summed E-state index contributed by atoms with van der Waals surface area (Å²) in [6.45, 7) is 5.83. The molecule has 1 aliphatic rings. The van der Waals surface area contributed by atoms with Crippen molar-refractivity contribution in [2.75, 3.05) is 41.9 Å². The van der Waals surface area contributed by atoms with E-state index in [4.69, 9.17) is 4.74 Å². The van der Waals surface area contributed by atoms with Gasteiger partial charge in [-0.25, -0.2) is 9.97 Å². The molecular weight excluding hydrogens is 368 g/mol. The number of anilines is 2. The second kappa shape index (κ2) is 11.1. The van der Waals surface area contributed by atoms with Gasteiger partial charge in [-0.05, 0) is 43.6 Å². The summed E-state index contributed by atoms with van der Waals surface area (Å²) in [6.07, 6.45) is 11.1. The van der Waals surface area contributed by atoms with Gasteiger partial charge in [0.1, 0.15) is 0 Å². The highest BCUT2D eigenvalue weighted by atomic mass is 32.2. The van der Waals surface area contributed by atoms with E-state index in [0.29, 0.717) is 24.8 Å². The number of hydrogen-bond donors (Lipinski definition) is 1. The molecule has 0 bridgehead atoms. The predicted octanol–water partition coefficient (Wildman–Crippen LogP) is 4.85. The predicted molar refractivity (Wildman–Crippen MR) is 120 cm³/mol. The molecule has 1 heterocycles. The largest absolute Gasteiger partial charge is 0.489 e. The molecule has 1 aromatic heterocycles. The summed E-state index contributed by atoms with van der Waals surface area (Å²) in [5.74, 6) is 3.15. The van der Waals surface area contributed by atoms with Crippen LogP contribution in [0.1, 0.15) is 38.2 Å². The van der Waals surface area contributed by atoms with E-state index in [0.717, 1.165) is 24.8 Å². The monoisotopic (exact) mass is 400 g/mol. The molecule has 0 spiro atoms. The van der Waals surface area contributed by atoms with Crippen LogP contribution in [0.5, 0.6) is 5.75 Å². The smallest absolute Gasteiger partial charge is 0.223 e. The van der Waals surface area contributed by atoms with Gasteiger partial charge in [0.25, 0.3) is 0 Å². The summed E-state index contributed by atoms with van der Waals surface area (Å²) in [5.41, 5.74) is 2.60. The fraction of sp³-hybridized carbons (Fsp3) is 0.545. The number of aromatic nitrogens is 2. The summed E-state index contributed by atoms with van der Waals surface area (Å²) >= 11 is 1.76. The van der Waals surface area contributed by atoms with Crippen LogP contribution < -0.4 is 15.0 Å². The first-order chi connectivity index (χ1) is 13.8. The van der Waals surface area contributed by atoms with Gasteiger partial charge in [0.15, 0.2) is 5.75 Å². The Morgan fingerprint density at radius 2 is 1.93 bits per heavy atom. The average Bonchev–Trinajstić information content (AvgIpc) is 3.25. The van der Waals surface area contributed by atoms with E-state index in [1.165, 1.54) is 36.9 Å². The molecule has 6 heteroatoms. The zero-order valence-electron chi connectivity index (χ0n) is 17.1. The van der Waals surface area contributed by atoms with Crippen molar-refractivity contribution in [1.29, 1.82) is 0 Å². The van der Waals surface area contributed by atoms with Crippen molar-refractivity contribution in [3.63, 3.8) is 0 Å². The Morgan fingerprint density at radius 1 is 1.18 bits per heavy atom. The molecule has 0 aliphatic heterocycles. The molecule has 5 nitrogen and oxygen atoms in total. The topological polar surface area (TPSA) is 50.3 Å². The van der Waals surface area contributed by atoms with Crippen LogP contribution in [0.4, 0.5) is 11.6 Å². The lowest BCUT2D eigenvalue weighted by atomic mass is 10.1. The highest BCUT2D eigenvalue weighted by molar-refractivity contribution is 7.98. The lowest BCUT2D eigenvalue weighted by molar-refractivity contribution is 0.341. The fourth-order valence-electron chi connectivity index (χ4n) is 3.77. The van der Waals surface area contributed by atoms with Crippen molar-refractivity contribution in [3.05, 3.63) is 42.2 Å². The summed E-state index contributed by atoms with van der Waals surface area (Å²) < 4.78 is 5.61. The Morgan fingerprint density at radius 3 is 2.64 bits per heavy atom. The van der Waals surface area contributed by atoms with Gasteiger partial charge in [0, 0.05) is 31.1 Å². The first-order valence-electron chi connectivity index (χ1n) is 10.3. The maximum Gasteiger partial charge on any atom is 0.223 e. The number of rotatable bonds is 11. The van der Waals surface area contributed by atoms with Gasteiger partial charge in [0.2, 0.25) is 5.95 Å². The summed E-state index contributed by atoms with van der Waals surface area (Å²) in [6, 6.07) is 8.67. The minimum Gasteiger partial charge on any atom is -0.489 e. The van der Waals surface area contributed by atoms with Crippen LogP contribution >= 0.6 is 11.8 Å². The quantitative estimate of drug-likeness (QED) is 0.544. The maximum atomic E-state index is 5.61. The van der Waals surface area contributed by atoms with Crippen LogP contribution in [0, 0.1) is 5.92 Å². The Balaban J connectivity index is 1.59. The summed E-state index contributed by atoms with van der Waals surface area (Å²) in [4.78, 5) is 11.3. The first-order valence-corrected chi connectivity index (χ1v) is 11.7. The number of benzene rings is 1. The van der Waals surface area contributed by atoms with Crippen LogP contribution in [0.3, 0.4) is 0 Å². The Labute approximate surface area is 173 Å². The Bertz CT molecular complexity index is 704. The number of ether oxygens (including phenoxy) is 1. The third-order valence-corrected chi connectivity index (χ3v) is 5.86. The zero-order valence-corrected chi connectivity index (χ0v) is 17.9. The van der Waals surface area contributed by atoms with E-state index in [1.807, 2.05) is 0 Å². The van der Waals surface area contributed by atoms with Gasteiger partial charge in [-0.2, -0.15) is 11.8 Å². The molecule has 1 aliphatic carbocycles. The first kappa shape index (κ1) is 20.8. The molecule has 1 saturated carbocycles. The van der Waals surface area contributed by atoms with Crippen LogP contribution in [0.15, 0.2) is 36.7 Å². The molecule has 0 radical (unpaired) electrons. The average molecular weight is 401 g/mol. The third-order valence-electron chi connectivity index (χ3n) is 5.29. The SMILES string of the molecule is CCN(CC1CCCC1)c1ccccc1CNc1ncc(OCCSC)cn1. The normalized spacial score (nSPS) is 14.2. The molecule has 28 heavy (non-hydrogen) atoms. The molecule has 0 atom stereocenters. The molecule has 1 N–H and O–H groups in total. The molecule has 0 amide bonds. The van der Waals surface area contributed by atoms with E-state index < -0.39 is 0 Å². The molecule has 1 fully saturated rings. The van der Waals surface area contributed by atoms with Gasteiger partial charge in [-0.15, -0.1) is 0 Å². The van der Waals surface area contributed by atoms with Crippen LogP contribution in [-0.2, 0) is 6.54 Å². The van der Waals surface area contributed by atoms with E-state index >= 15 is 0 Å². The fourth-order valence-corrected chi connectivity index (χ4v) is 4.02. The highest BCUT2D eigenvalue weighted by Gasteiger charge is 2.19. The number of para-hydroxylation sites is 1. The second-order valence-electron chi connectivity index (χ2n) is 7.26. The lowest BCUT2D eigenvalue weighted by Gasteiger charge is -2.28. The van der Waals surface area contributed by atoms with Crippen LogP contribution in [-0.4, -0.2) is 41.7 Å².